The van der Waals surface area contributed by atoms with Crippen LogP contribution in [0.25, 0.3) is 0 Å². The first-order chi connectivity index (χ1) is 8.88. The molecule has 3 heteroatoms. The number of rotatable bonds is 7. The molecule has 1 aromatic rings. The monoisotopic (exact) mass is 248 g/mol. The summed E-state index contributed by atoms with van der Waals surface area (Å²) in [7, 11) is 0. The Bertz CT molecular complexity index is 348. The van der Waals surface area contributed by atoms with Crippen molar-refractivity contribution in [1.82, 2.24) is 10.3 Å². The smallest absolute Gasteiger partial charge is 0.0891 e. The van der Waals surface area contributed by atoms with Crippen LogP contribution >= 0.6 is 0 Å². The molecule has 1 heterocycles. The third-order valence-electron chi connectivity index (χ3n) is 3.37. The SMILES string of the molecule is CCCNCc1cccc(COC2CCCC2)n1. The van der Waals surface area contributed by atoms with Gasteiger partial charge in [0, 0.05) is 6.54 Å². The fourth-order valence-corrected chi connectivity index (χ4v) is 2.36. The van der Waals surface area contributed by atoms with E-state index in [0.717, 1.165) is 30.9 Å². The lowest BCUT2D eigenvalue weighted by molar-refractivity contribution is 0.0437. The second kappa shape index (κ2) is 7.49. The molecule has 100 valence electrons. The third kappa shape index (κ3) is 4.39. The van der Waals surface area contributed by atoms with Gasteiger partial charge in [-0.3, -0.25) is 4.98 Å². The first-order valence-electron chi connectivity index (χ1n) is 7.15. The van der Waals surface area contributed by atoms with Gasteiger partial charge in [0.25, 0.3) is 0 Å². The minimum Gasteiger partial charge on any atom is -0.372 e. The fraction of sp³-hybridized carbons (Fsp3) is 0.667. The molecular weight excluding hydrogens is 224 g/mol. The molecule has 0 aromatic carbocycles. The maximum absolute atomic E-state index is 5.89. The normalized spacial score (nSPS) is 16.3. The van der Waals surface area contributed by atoms with E-state index < -0.39 is 0 Å². The lowest BCUT2D eigenvalue weighted by Crippen LogP contribution is -2.15. The summed E-state index contributed by atoms with van der Waals surface area (Å²) in [6.07, 6.45) is 6.70. The lowest BCUT2D eigenvalue weighted by Gasteiger charge is -2.11. The zero-order valence-electron chi connectivity index (χ0n) is 11.3. The number of nitrogens with zero attached hydrogens (tertiary/aromatic N) is 1. The molecule has 1 fully saturated rings. The van der Waals surface area contributed by atoms with Gasteiger partial charge in [-0.1, -0.05) is 25.8 Å². The molecule has 0 bridgehead atoms. The molecule has 0 spiro atoms. The number of hydrogen-bond donors (Lipinski definition) is 1. The Kier molecular flexibility index (Phi) is 5.62. The van der Waals surface area contributed by atoms with E-state index in [4.69, 9.17) is 4.74 Å². The predicted octanol–water partition coefficient (Wildman–Crippen LogP) is 3.04. The van der Waals surface area contributed by atoms with Gasteiger partial charge >= 0.3 is 0 Å². The van der Waals surface area contributed by atoms with Gasteiger partial charge < -0.3 is 10.1 Å². The molecule has 1 aromatic heterocycles. The molecule has 1 N–H and O–H groups in total. The summed E-state index contributed by atoms with van der Waals surface area (Å²) in [4.78, 5) is 4.62. The van der Waals surface area contributed by atoms with E-state index in [1.165, 1.54) is 25.7 Å². The molecule has 1 aliphatic carbocycles. The summed E-state index contributed by atoms with van der Waals surface area (Å²) in [5.41, 5.74) is 2.16. The van der Waals surface area contributed by atoms with Gasteiger partial charge in [-0.2, -0.15) is 0 Å². The molecule has 0 unspecified atom stereocenters. The molecule has 2 rings (SSSR count). The van der Waals surface area contributed by atoms with Crippen LogP contribution in [0.1, 0.15) is 50.4 Å². The Hall–Kier alpha value is -0.930. The van der Waals surface area contributed by atoms with Crippen molar-refractivity contribution in [2.24, 2.45) is 0 Å². The van der Waals surface area contributed by atoms with Crippen LogP contribution in [0.2, 0.25) is 0 Å². The lowest BCUT2D eigenvalue weighted by atomic mass is 10.3. The number of aromatic nitrogens is 1. The third-order valence-corrected chi connectivity index (χ3v) is 3.37. The molecule has 1 saturated carbocycles. The minimum atomic E-state index is 0.466. The topological polar surface area (TPSA) is 34.1 Å². The highest BCUT2D eigenvalue weighted by Crippen LogP contribution is 2.21. The zero-order valence-corrected chi connectivity index (χ0v) is 11.3. The van der Waals surface area contributed by atoms with E-state index in [-0.39, 0.29) is 0 Å². The van der Waals surface area contributed by atoms with Crippen LogP contribution < -0.4 is 5.32 Å². The van der Waals surface area contributed by atoms with Gasteiger partial charge in [-0.25, -0.2) is 0 Å². The van der Waals surface area contributed by atoms with Crippen molar-refractivity contribution >= 4 is 0 Å². The van der Waals surface area contributed by atoms with Gasteiger partial charge in [0.05, 0.1) is 24.1 Å². The largest absolute Gasteiger partial charge is 0.372 e. The number of hydrogen-bond acceptors (Lipinski definition) is 3. The molecule has 0 aliphatic heterocycles. The first kappa shape index (κ1) is 13.5. The van der Waals surface area contributed by atoms with Crippen molar-refractivity contribution < 1.29 is 4.74 Å². The van der Waals surface area contributed by atoms with Crippen LogP contribution in [0.4, 0.5) is 0 Å². The fourth-order valence-electron chi connectivity index (χ4n) is 2.36. The molecule has 0 amide bonds. The molecule has 0 radical (unpaired) electrons. The van der Waals surface area contributed by atoms with Crippen LogP contribution in [0.15, 0.2) is 18.2 Å². The predicted molar refractivity (Wildman–Crippen MR) is 73.3 cm³/mol. The van der Waals surface area contributed by atoms with Crippen LogP contribution in [-0.2, 0) is 17.9 Å². The molecular formula is C15H24N2O. The maximum atomic E-state index is 5.89. The Morgan fingerprint density at radius 1 is 1.28 bits per heavy atom. The van der Waals surface area contributed by atoms with Crippen molar-refractivity contribution in [2.75, 3.05) is 6.54 Å². The van der Waals surface area contributed by atoms with E-state index in [1.807, 2.05) is 0 Å². The molecule has 3 nitrogen and oxygen atoms in total. The van der Waals surface area contributed by atoms with Crippen molar-refractivity contribution in [3.8, 4) is 0 Å². The van der Waals surface area contributed by atoms with Gasteiger partial charge in [-0.15, -0.1) is 0 Å². The van der Waals surface area contributed by atoms with Crippen molar-refractivity contribution in [1.29, 1.82) is 0 Å². The Morgan fingerprint density at radius 3 is 2.83 bits per heavy atom. The first-order valence-corrected chi connectivity index (χ1v) is 7.15. The van der Waals surface area contributed by atoms with E-state index >= 15 is 0 Å². The quantitative estimate of drug-likeness (QED) is 0.753. The Balaban J connectivity index is 1.78. The average Bonchev–Trinajstić information content (AvgIpc) is 2.90. The average molecular weight is 248 g/mol. The van der Waals surface area contributed by atoms with Crippen molar-refractivity contribution in [3.05, 3.63) is 29.6 Å². The minimum absolute atomic E-state index is 0.466. The summed E-state index contributed by atoms with van der Waals surface area (Å²) in [6, 6.07) is 6.20. The highest BCUT2D eigenvalue weighted by atomic mass is 16.5. The van der Waals surface area contributed by atoms with Gasteiger partial charge in [0.1, 0.15) is 0 Å². The second-order valence-corrected chi connectivity index (χ2v) is 5.01. The summed E-state index contributed by atoms with van der Waals surface area (Å²) in [5.74, 6) is 0. The van der Waals surface area contributed by atoms with E-state index in [0.29, 0.717) is 12.7 Å². The van der Waals surface area contributed by atoms with Crippen LogP contribution in [0, 0.1) is 0 Å². The van der Waals surface area contributed by atoms with E-state index in [9.17, 15) is 0 Å². The zero-order chi connectivity index (χ0) is 12.6. The Morgan fingerprint density at radius 2 is 2.06 bits per heavy atom. The summed E-state index contributed by atoms with van der Waals surface area (Å²) in [5, 5.41) is 3.37. The molecule has 0 saturated heterocycles. The number of pyridine rings is 1. The standard InChI is InChI=1S/C15H24N2O/c1-2-10-16-11-13-6-5-7-14(17-13)12-18-15-8-3-4-9-15/h5-7,15-16H,2-4,8-12H2,1H3. The summed E-state index contributed by atoms with van der Waals surface area (Å²) >= 11 is 0. The summed E-state index contributed by atoms with van der Waals surface area (Å²) in [6.45, 7) is 4.73. The van der Waals surface area contributed by atoms with E-state index in [2.05, 4.69) is 35.4 Å². The van der Waals surface area contributed by atoms with Crippen molar-refractivity contribution in [2.45, 2.75) is 58.3 Å². The number of ether oxygens (including phenoxy) is 1. The van der Waals surface area contributed by atoms with Crippen LogP contribution in [0.5, 0.6) is 0 Å². The van der Waals surface area contributed by atoms with Crippen LogP contribution in [-0.4, -0.2) is 17.6 Å². The van der Waals surface area contributed by atoms with Gasteiger partial charge in [0.2, 0.25) is 0 Å². The molecule has 18 heavy (non-hydrogen) atoms. The Labute approximate surface area is 110 Å². The summed E-state index contributed by atoms with van der Waals surface area (Å²) < 4.78 is 5.89. The van der Waals surface area contributed by atoms with Gasteiger partial charge in [0.15, 0.2) is 0 Å². The maximum Gasteiger partial charge on any atom is 0.0891 e. The second-order valence-electron chi connectivity index (χ2n) is 5.01. The van der Waals surface area contributed by atoms with Crippen LogP contribution in [0.3, 0.4) is 0 Å². The van der Waals surface area contributed by atoms with Gasteiger partial charge in [-0.05, 0) is 37.9 Å². The molecule has 1 aliphatic rings. The number of nitrogens with one attached hydrogen (secondary N) is 1. The highest BCUT2D eigenvalue weighted by Gasteiger charge is 2.15. The van der Waals surface area contributed by atoms with Crippen molar-refractivity contribution in [3.63, 3.8) is 0 Å². The highest BCUT2D eigenvalue weighted by molar-refractivity contribution is 5.10. The van der Waals surface area contributed by atoms with E-state index in [1.54, 1.807) is 0 Å². The molecule has 0 atom stereocenters.